The lowest BCUT2D eigenvalue weighted by Gasteiger charge is -2.17. The summed E-state index contributed by atoms with van der Waals surface area (Å²) in [6.45, 7) is 0. The van der Waals surface area contributed by atoms with Crippen LogP contribution in [0.4, 0.5) is 0 Å². The molecular weight excluding hydrogens is 194 g/mol. The summed E-state index contributed by atoms with van der Waals surface area (Å²) in [7, 11) is 2.04. The van der Waals surface area contributed by atoms with Gasteiger partial charge in [0.15, 0.2) is 0 Å². The van der Waals surface area contributed by atoms with E-state index in [0.29, 0.717) is 11.3 Å². The van der Waals surface area contributed by atoms with Gasteiger partial charge in [-0.2, -0.15) is 0 Å². The second-order valence-corrected chi connectivity index (χ2v) is 4.79. The molecule has 0 spiro atoms. The fourth-order valence-electron chi connectivity index (χ4n) is 1.90. The van der Waals surface area contributed by atoms with Gasteiger partial charge in [0.2, 0.25) is 0 Å². The van der Waals surface area contributed by atoms with E-state index in [4.69, 9.17) is 0 Å². The lowest BCUT2D eigenvalue weighted by molar-refractivity contribution is 0.591. The zero-order valence-electron chi connectivity index (χ0n) is 8.31. The highest BCUT2D eigenvalue weighted by molar-refractivity contribution is 7.99. The third kappa shape index (κ3) is 2.25. The van der Waals surface area contributed by atoms with Crippen LogP contribution in [-0.4, -0.2) is 28.3 Å². The van der Waals surface area contributed by atoms with Crippen LogP contribution in [0.2, 0.25) is 0 Å². The molecule has 14 heavy (non-hydrogen) atoms. The lowest BCUT2D eigenvalue weighted by atomic mass is 10.2. The zero-order valence-corrected chi connectivity index (χ0v) is 9.13. The van der Waals surface area contributed by atoms with E-state index < -0.39 is 0 Å². The lowest BCUT2D eigenvalue weighted by Crippen LogP contribution is -2.30. The van der Waals surface area contributed by atoms with E-state index in [1.807, 2.05) is 25.0 Å². The van der Waals surface area contributed by atoms with Crippen LogP contribution >= 0.6 is 11.8 Å². The number of hydrogen-bond acceptors (Lipinski definition) is 4. The minimum atomic E-state index is 0.641. The highest BCUT2D eigenvalue weighted by Crippen LogP contribution is 2.33. The summed E-state index contributed by atoms with van der Waals surface area (Å²) in [6, 6.07) is 0.641. The van der Waals surface area contributed by atoms with Crippen molar-refractivity contribution in [3.8, 4) is 0 Å². The SMILES string of the molecule is CNC1CCCC1Sc1cnccn1. The first-order valence-corrected chi connectivity index (χ1v) is 5.88. The standard InChI is InChI=1S/C10H15N3S/c1-11-8-3-2-4-9(8)14-10-7-12-5-6-13-10/h5-9,11H,2-4H2,1H3. The molecule has 0 aromatic carbocycles. The van der Waals surface area contributed by atoms with Gasteiger partial charge in [0.05, 0.1) is 6.20 Å². The van der Waals surface area contributed by atoms with Gasteiger partial charge in [-0.05, 0) is 19.9 Å². The van der Waals surface area contributed by atoms with Crippen LogP contribution in [0.1, 0.15) is 19.3 Å². The third-order valence-electron chi connectivity index (χ3n) is 2.63. The van der Waals surface area contributed by atoms with Crippen LogP contribution in [0.3, 0.4) is 0 Å². The van der Waals surface area contributed by atoms with E-state index in [9.17, 15) is 0 Å². The van der Waals surface area contributed by atoms with Gasteiger partial charge < -0.3 is 5.32 Å². The van der Waals surface area contributed by atoms with Gasteiger partial charge in [0.1, 0.15) is 5.03 Å². The van der Waals surface area contributed by atoms with E-state index in [-0.39, 0.29) is 0 Å². The Morgan fingerprint density at radius 2 is 2.36 bits per heavy atom. The average molecular weight is 209 g/mol. The molecule has 0 amide bonds. The molecule has 1 fully saturated rings. The summed E-state index contributed by atoms with van der Waals surface area (Å²) in [6.07, 6.45) is 9.21. The van der Waals surface area contributed by atoms with E-state index in [0.717, 1.165) is 5.03 Å². The van der Waals surface area contributed by atoms with Crippen LogP contribution in [0.15, 0.2) is 23.6 Å². The molecule has 2 unspecified atom stereocenters. The molecule has 0 saturated heterocycles. The van der Waals surface area contributed by atoms with Gasteiger partial charge in [-0.15, -0.1) is 0 Å². The Labute approximate surface area is 88.7 Å². The fourth-order valence-corrected chi connectivity index (χ4v) is 3.17. The van der Waals surface area contributed by atoms with E-state index >= 15 is 0 Å². The Hall–Kier alpha value is -0.610. The quantitative estimate of drug-likeness (QED) is 0.822. The Kier molecular flexibility index (Phi) is 3.37. The van der Waals surface area contributed by atoms with Crippen LogP contribution in [0.5, 0.6) is 0 Å². The highest BCUT2D eigenvalue weighted by atomic mass is 32.2. The number of rotatable bonds is 3. The summed E-state index contributed by atoms with van der Waals surface area (Å²) in [4.78, 5) is 8.36. The number of thioether (sulfide) groups is 1. The van der Waals surface area contributed by atoms with Crippen molar-refractivity contribution >= 4 is 11.8 Å². The van der Waals surface area contributed by atoms with Gasteiger partial charge >= 0.3 is 0 Å². The largest absolute Gasteiger partial charge is 0.316 e. The molecule has 1 saturated carbocycles. The van der Waals surface area contributed by atoms with Gasteiger partial charge in [0.25, 0.3) is 0 Å². The van der Waals surface area contributed by atoms with Crippen LogP contribution in [0, 0.1) is 0 Å². The smallest absolute Gasteiger partial charge is 0.115 e. The van der Waals surface area contributed by atoms with Gasteiger partial charge in [-0.25, -0.2) is 4.98 Å². The molecule has 0 bridgehead atoms. The maximum atomic E-state index is 4.28. The molecule has 1 aliphatic rings. The van der Waals surface area contributed by atoms with E-state index in [1.54, 1.807) is 12.4 Å². The monoisotopic (exact) mass is 209 g/mol. The number of nitrogens with one attached hydrogen (secondary N) is 1. The van der Waals surface area contributed by atoms with Crippen molar-refractivity contribution in [1.82, 2.24) is 15.3 Å². The molecule has 1 aliphatic carbocycles. The van der Waals surface area contributed by atoms with Crippen molar-refractivity contribution in [3.05, 3.63) is 18.6 Å². The molecule has 3 nitrogen and oxygen atoms in total. The molecule has 0 aliphatic heterocycles. The second-order valence-electron chi connectivity index (χ2n) is 3.53. The molecule has 76 valence electrons. The maximum Gasteiger partial charge on any atom is 0.115 e. The molecule has 1 aromatic rings. The maximum absolute atomic E-state index is 4.28. The van der Waals surface area contributed by atoms with Crippen molar-refractivity contribution in [2.45, 2.75) is 35.6 Å². The molecule has 4 heteroatoms. The van der Waals surface area contributed by atoms with Gasteiger partial charge in [0, 0.05) is 23.7 Å². The van der Waals surface area contributed by atoms with Crippen LogP contribution in [0.25, 0.3) is 0 Å². The Morgan fingerprint density at radius 3 is 3.07 bits per heavy atom. The highest BCUT2D eigenvalue weighted by Gasteiger charge is 2.26. The molecule has 1 aromatic heterocycles. The Bertz CT molecular complexity index is 278. The average Bonchev–Trinajstić information content (AvgIpc) is 2.67. The molecule has 0 radical (unpaired) electrons. The molecule has 2 atom stereocenters. The zero-order chi connectivity index (χ0) is 9.80. The first-order chi connectivity index (χ1) is 6.90. The van der Waals surface area contributed by atoms with Crippen molar-refractivity contribution in [2.24, 2.45) is 0 Å². The predicted octanol–water partition coefficient (Wildman–Crippen LogP) is 1.71. The third-order valence-corrected chi connectivity index (χ3v) is 3.95. The van der Waals surface area contributed by atoms with E-state index in [1.165, 1.54) is 19.3 Å². The minimum Gasteiger partial charge on any atom is -0.316 e. The molecule has 1 N–H and O–H groups in total. The topological polar surface area (TPSA) is 37.8 Å². The summed E-state index contributed by atoms with van der Waals surface area (Å²) < 4.78 is 0. The summed E-state index contributed by atoms with van der Waals surface area (Å²) in [5, 5.41) is 5.07. The summed E-state index contributed by atoms with van der Waals surface area (Å²) in [5.74, 6) is 0. The first-order valence-electron chi connectivity index (χ1n) is 5.00. The Balaban J connectivity index is 1.97. The van der Waals surface area contributed by atoms with Crippen LogP contribution < -0.4 is 5.32 Å². The number of hydrogen-bond donors (Lipinski definition) is 1. The number of nitrogens with zero attached hydrogens (tertiary/aromatic N) is 2. The predicted molar refractivity (Wildman–Crippen MR) is 58.4 cm³/mol. The fraction of sp³-hybridized carbons (Fsp3) is 0.600. The second kappa shape index (κ2) is 4.75. The normalized spacial score (nSPS) is 26.6. The summed E-state index contributed by atoms with van der Waals surface area (Å²) >= 11 is 1.85. The first kappa shape index (κ1) is 9.93. The Morgan fingerprint density at radius 1 is 1.43 bits per heavy atom. The molecule has 2 rings (SSSR count). The summed E-state index contributed by atoms with van der Waals surface area (Å²) in [5.41, 5.74) is 0. The van der Waals surface area contributed by atoms with Gasteiger partial charge in [-0.1, -0.05) is 18.2 Å². The minimum absolute atomic E-state index is 0.641. The van der Waals surface area contributed by atoms with Crippen molar-refractivity contribution in [3.63, 3.8) is 0 Å². The van der Waals surface area contributed by atoms with Crippen molar-refractivity contribution in [1.29, 1.82) is 0 Å². The van der Waals surface area contributed by atoms with Crippen LogP contribution in [-0.2, 0) is 0 Å². The molecular formula is C10H15N3S. The van der Waals surface area contributed by atoms with Crippen molar-refractivity contribution in [2.75, 3.05) is 7.05 Å². The molecule has 1 heterocycles. The van der Waals surface area contributed by atoms with Crippen molar-refractivity contribution < 1.29 is 0 Å². The van der Waals surface area contributed by atoms with Gasteiger partial charge in [-0.3, -0.25) is 4.98 Å². The number of aromatic nitrogens is 2. The van der Waals surface area contributed by atoms with E-state index in [2.05, 4.69) is 15.3 Å².